The third-order valence-electron chi connectivity index (χ3n) is 6.97. The number of hydrogen-bond donors (Lipinski definition) is 3. The number of rotatable bonds is 12. The number of ether oxygens (including phenoxy) is 1. The van der Waals surface area contributed by atoms with Gasteiger partial charge in [-0.3, -0.25) is 19.6 Å². The lowest BCUT2D eigenvalue weighted by atomic mass is 10.2. The van der Waals surface area contributed by atoms with E-state index < -0.39 is 0 Å². The third kappa shape index (κ3) is 7.95. The Balaban J connectivity index is 1.24. The Labute approximate surface area is 238 Å². The number of benzene rings is 1. The van der Waals surface area contributed by atoms with Crippen molar-refractivity contribution in [3.05, 3.63) is 42.1 Å². The second-order valence-electron chi connectivity index (χ2n) is 10.2. The fraction of sp³-hybridized carbons (Fsp3) is 0.464. The first-order chi connectivity index (χ1) is 19.4. The van der Waals surface area contributed by atoms with Crippen molar-refractivity contribution in [1.82, 2.24) is 25.1 Å². The van der Waals surface area contributed by atoms with E-state index in [2.05, 4.69) is 30.6 Å². The second kappa shape index (κ2) is 13.1. The number of anilines is 4. The van der Waals surface area contributed by atoms with Crippen molar-refractivity contribution >= 4 is 46.8 Å². The van der Waals surface area contributed by atoms with Gasteiger partial charge in [-0.25, -0.2) is 9.97 Å². The summed E-state index contributed by atoms with van der Waals surface area (Å²) in [7, 11) is 1.43. The van der Waals surface area contributed by atoms with Gasteiger partial charge in [0.25, 0.3) is 0 Å². The highest BCUT2D eigenvalue weighted by Crippen LogP contribution is 2.32. The maximum absolute atomic E-state index is 12.1. The zero-order chi connectivity index (χ0) is 27.9. The number of aryl methyl sites for hydroxylation is 1. The Hall–Kier alpha value is -3.64. The van der Waals surface area contributed by atoms with Crippen molar-refractivity contribution in [2.45, 2.75) is 49.1 Å². The highest BCUT2D eigenvalue weighted by Gasteiger charge is 2.29. The molecule has 1 saturated carbocycles. The number of piperazine rings is 1. The number of aromatic nitrogens is 4. The molecule has 40 heavy (non-hydrogen) atoms. The van der Waals surface area contributed by atoms with Crippen LogP contribution in [0, 0.1) is 12.8 Å². The number of carbonyl (C=O) groups is 2. The summed E-state index contributed by atoms with van der Waals surface area (Å²) in [6.45, 7) is 6.48. The average molecular weight is 565 g/mol. The normalized spacial score (nSPS) is 15.6. The molecule has 1 aliphatic carbocycles. The minimum Gasteiger partial charge on any atom is -0.469 e. The van der Waals surface area contributed by atoms with E-state index >= 15 is 0 Å². The molecule has 0 radical (unpaired) electrons. The summed E-state index contributed by atoms with van der Waals surface area (Å²) in [5.74, 6) is 2.45. The predicted octanol–water partition coefficient (Wildman–Crippen LogP) is 4.22. The van der Waals surface area contributed by atoms with Gasteiger partial charge >= 0.3 is 5.97 Å². The van der Waals surface area contributed by atoms with Gasteiger partial charge < -0.3 is 20.3 Å². The molecule has 3 aromatic rings. The molecular formula is C28H36N8O3S. The van der Waals surface area contributed by atoms with Crippen LogP contribution in [0.25, 0.3) is 0 Å². The van der Waals surface area contributed by atoms with Crippen LogP contribution >= 0.6 is 11.8 Å². The maximum Gasteiger partial charge on any atom is 0.305 e. The van der Waals surface area contributed by atoms with Gasteiger partial charge in [-0.2, -0.15) is 5.10 Å². The molecule has 0 bridgehead atoms. The molecule has 212 valence electrons. The number of nitrogens with zero attached hydrogens (tertiary/aromatic N) is 5. The Morgan fingerprint density at radius 3 is 2.52 bits per heavy atom. The molecule has 0 unspecified atom stereocenters. The van der Waals surface area contributed by atoms with E-state index in [-0.39, 0.29) is 17.8 Å². The van der Waals surface area contributed by atoms with E-state index in [1.165, 1.54) is 18.9 Å². The molecule has 3 N–H and O–H groups in total. The van der Waals surface area contributed by atoms with Gasteiger partial charge in [-0.05, 0) is 75.2 Å². The van der Waals surface area contributed by atoms with Crippen LogP contribution in [0.3, 0.4) is 0 Å². The van der Waals surface area contributed by atoms with Crippen molar-refractivity contribution in [2.24, 2.45) is 5.92 Å². The monoisotopic (exact) mass is 564 g/mol. The largest absolute Gasteiger partial charge is 0.469 e. The third-order valence-corrected chi connectivity index (χ3v) is 7.84. The molecule has 11 nitrogen and oxygen atoms in total. The SMILES string of the molecule is COC(=O)CCCCN1CCN(c2cc(Nc3cc(C)n[nH]3)nc(Sc3ccc(NC(=O)C4CC4)cc3)n2)CC1. The lowest BCUT2D eigenvalue weighted by Crippen LogP contribution is -2.47. The van der Waals surface area contributed by atoms with Crippen LogP contribution in [0.15, 0.2) is 46.5 Å². The van der Waals surface area contributed by atoms with Crippen LogP contribution in [-0.4, -0.2) is 76.8 Å². The first kappa shape index (κ1) is 27.9. The minimum absolute atomic E-state index is 0.0995. The number of nitrogens with one attached hydrogen (secondary N) is 3. The molecule has 1 saturated heterocycles. The van der Waals surface area contributed by atoms with Crippen molar-refractivity contribution in [3.8, 4) is 0 Å². The Morgan fingerprint density at radius 1 is 1.07 bits per heavy atom. The van der Waals surface area contributed by atoms with E-state index in [0.717, 1.165) is 86.3 Å². The number of unbranched alkanes of at least 4 members (excludes halogenated alkanes) is 1. The second-order valence-corrected chi connectivity index (χ2v) is 11.2. The van der Waals surface area contributed by atoms with Crippen LogP contribution in [0.5, 0.6) is 0 Å². The smallest absolute Gasteiger partial charge is 0.305 e. The summed E-state index contributed by atoms with van der Waals surface area (Å²) < 4.78 is 4.73. The highest BCUT2D eigenvalue weighted by atomic mass is 32.2. The number of esters is 1. The fourth-order valence-electron chi connectivity index (χ4n) is 4.52. The van der Waals surface area contributed by atoms with Crippen LogP contribution in [0.2, 0.25) is 0 Å². The standard InChI is InChI=1S/C28H36N8O3S/c1-19-17-24(34-33-19)30-23-18-25(36-15-13-35(14-16-36)12-4-3-5-26(37)39-2)32-28(31-23)40-22-10-8-21(9-11-22)29-27(38)20-6-7-20/h8-11,17-18,20H,3-7,12-16H2,1-2H3,(H,29,38)(H2,30,31,32,33,34). The quantitative estimate of drug-likeness (QED) is 0.167. The molecule has 3 heterocycles. The molecule has 0 atom stereocenters. The van der Waals surface area contributed by atoms with Gasteiger partial charge in [0, 0.05) is 61.2 Å². The van der Waals surface area contributed by atoms with Crippen LogP contribution in [0.1, 0.15) is 37.8 Å². The van der Waals surface area contributed by atoms with Gasteiger partial charge in [0.05, 0.1) is 12.8 Å². The summed E-state index contributed by atoms with van der Waals surface area (Å²) in [5, 5.41) is 14.1. The zero-order valence-corrected chi connectivity index (χ0v) is 23.8. The molecule has 1 aromatic carbocycles. The molecule has 5 rings (SSSR count). The predicted molar refractivity (Wildman–Crippen MR) is 155 cm³/mol. The van der Waals surface area contributed by atoms with E-state index in [0.29, 0.717) is 17.4 Å². The number of hydrogen-bond acceptors (Lipinski definition) is 10. The van der Waals surface area contributed by atoms with E-state index in [1.54, 1.807) is 0 Å². The minimum atomic E-state index is -0.145. The first-order valence-electron chi connectivity index (χ1n) is 13.8. The molecule has 1 aliphatic heterocycles. The number of H-pyrrole nitrogens is 1. The van der Waals surface area contributed by atoms with Gasteiger partial charge in [-0.15, -0.1) is 0 Å². The molecule has 0 spiro atoms. The van der Waals surface area contributed by atoms with E-state index in [4.69, 9.17) is 14.7 Å². The maximum atomic E-state index is 12.1. The molecule has 1 amide bonds. The van der Waals surface area contributed by atoms with Crippen molar-refractivity contribution in [1.29, 1.82) is 0 Å². The molecule has 2 aliphatic rings. The number of aromatic amines is 1. The summed E-state index contributed by atoms with van der Waals surface area (Å²) in [4.78, 5) is 38.8. The first-order valence-corrected chi connectivity index (χ1v) is 14.6. The molecule has 2 fully saturated rings. The van der Waals surface area contributed by atoms with Crippen LogP contribution < -0.4 is 15.5 Å². The summed E-state index contributed by atoms with van der Waals surface area (Å²) in [6, 6.07) is 11.7. The van der Waals surface area contributed by atoms with Gasteiger partial charge in [0.2, 0.25) is 5.91 Å². The molecule has 12 heteroatoms. The van der Waals surface area contributed by atoms with Gasteiger partial charge in [0.1, 0.15) is 17.5 Å². The highest BCUT2D eigenvalue weighted by molar-refractivity contribution is 7.99. The van der Waals surface area contributed by atoms with Crippen molar-refractivity contribution < 1.29 is 14.3 Å². The lowest BCUT2D eigenvalue weighted by molar-refractivity contribution is -0.140. The van der Waals surface area contributed by atoms with E-state index in [9.17, 15) is 9.59 Å². The molecular weight excluding hydrogens is 528 g/mol. The Kier molecular flexibility index (Phi) is 9.17. The zero-order valence-electron chi connectivity index (χ0n) is 23.0. The van der Waals surface area contributed by atoms with Crippen molar-refractivity contribution in [3.63, 3.8) is 0 Å². The lowest BCUT2D eigenvalue weighted by Gasteiger charge is -2.35. The number of amides is 1. The van der Waals surface area contributed by atoms with Gasteiger partial charge in [-0.1, -0.05) is 0 Å². The number of carbonyl (C=O) groups excluding carboxylic acids is 2. The fourth-order valence-corrected chi connectivity index (χ4v) is 5.28. The van der Waals surface area contributed by atoms with Crippen LogP contribution in [0.4, 0.5) is 23.1 Å². The van der Waals surface area contributed by atoms with Crippen LogP contribution in [-0.2, 0) is 14.3 Å². The molecule has 2 aromatic heterocycles. The average Bonchev–Trinajstić information content (AvgIpc) is 3.74. The van der Waals surface area contributed by atoms with E-state index in [1.807, 2.05) is 43.3 Å². The topological polar surface area (TPSA) is 128 Å². The Morgan fingerprint density at radius 2 is 1.85 bits per heavy atom. The number of methoxy groups -OCH3 is 1. The summed E-state index contributed by atoms with van der Waals surface area (Å²) in [5.41, 5.74) is 1.69. The van der Waals surface area contributed by atoms with Crippen molar-refractivity contribution in [2.75, 3.05) is 55.4 Å². The summed E-state index contributed by atoms with van der Waals surface area (Å²) in [6.07, 6.45) is 4.25. The van der Waals surface area contributed by atoms with Gasteiger partial charge in [0.15, 0.2) is 5.16 Å². The summed E-state index contributed by atoms with van der Waals surface area (Å²) >= 11 is 1.48. The Bertz CT molecular complexity index is 1300.